The molecule has 1 heterocycles. The van der Waals surface area contributed by atoms with E-state index in [2.05, 4.69) is 37.5 Å². The van der Waals surface area contributed by atoms with Crippen molar-refractivity contribution in [2.45, 2.75) is 27.2 Å². The van der Waals surface area contributed by atoms with E-state index in [4.69, 9.17) is 0 Å². The average Bonchev–Trinajstić information content (AvgIpc) is 2.38. The Labute approximate surface area is 118 Å². The predicted molar refractivity (Wildman–Crippen MR) is 79.1 cm³/mol. The molecular formula is C16H34N3+3. The summed E-state index contributed by atoms with van der Waals surface area (Å²) in [5.41, 5.74) is 1.60. The lowest BCUT2D eigenvalue weighted by Gasteiger charge is -2.31. The van der Waals surface area contributed by atoms with Gasteiger partial charge in [-0.05, 0) is 25.2 Å². The van der Waals surface area contributed by atoms with Crippen LogP contribution in [0.3, 0.4) is 0 Å². The van der Waals surface area contributed by atoms with Crippen molar-refractivity contribution >= 4 is 0 Å². The van der Waals surface area contributed by atoms with Gasteiger partial charge in [-0.3, -0.25) is 0 Å². The Hall–Kier alpha value is -0.380. The minimum atomic E-state index is 0.775. The van der Waals surface area contributed by atoms with E-state index in [0.29, 0.717) is 0 Å². The number of rotatable bonds is 5. The first-order chi connectivity index (χ1) is 9.16. The molecule has 1 aliphatic heterocycles. The topological polar surface area (TPSA) is 37.7 Å². The third-order valence-electron chi connectivity index (χ3n) is 5.14. The molecule has 0 aromatic carbocycles. The van der Waals surface area contributed by atoms with Gasteiger partial charge in [0, 0.05) is 5.92 Å². The molecule has 5 N–H and O–H groups in total. The van der Waals surface area contributed by atoms with Crippen LogP contribution in [0.25, 0.3) is 0 Å². The SMILES string of the molecule is CC1=C[C@@H](C)[C@H](C[NH2+]CC[NH+]2CC[NH2+]CC2)[C@H](C)C1. The van der Waals surface area contributed by atoms with Gasteiger partial charge in [0.15, 0.2) is 0 Å². The Bertz CT molecular complexity index is 294. The predicted octanol–water partition coefficient (Wildman–Crippen LogP) is -1.75. The molecule has 2 aliphatic rings. The maximum atomic E-state index is 2.58. The molecule has 0 radical (unpaired) electrons. The molecule has 0 saturated carbocycles. The van der Waals surface area contributed by atoms with Gasteiger partial charge in [-0.15, -0.1) is 0 Å². The maximum Gasteiger partial charge on any atom is 0.127 e. The number of quaternary nitrogens is 3. The van der Waals surface area contributed by atoms with Crippen LogP contribution in [0.5, 0.6) is 0 Å². The van der Waals surface area contributed by atoms with Crippen molar-refractivity contribution in [1.29, 1.82) is 0 Å². The van der Waals surface area contributed by atoms with Crippen LogP contribution in [0.2, 0.25) is 0 Å². The van der Waals surface area contributed by atoms with Gasteiger partial charge in [-0.1, -0.05) is 25.5 Å². The van der Waals surface area contributed by atoms with Crippen molar-refractivity contribution in [1.82, 2.24) is 0 Å². The fraction of sp³-hybridized carbons (Fsp3) is 0.875. The molecule has 0 spiro atoms. The van der Waals surface area contributed by atoms with Crippen LogP contribution >= 0.6 is 0 Å². The van der Waals surface area contributed by atoms with Crippen molar-refractivity contribution < 1.29 is 15.5 Å². The van der Waals surface area contributed by atoms with E-state index in [1.54, 1.807) is 5.57 Å². The first kappa shape index (κ1) is 15.0. The highest BCUT2D eigenvalue weighted by molar-refractivity contribution is 5.07. The van der Waals surface area contributed by atoms with Gasteiger partial charge in [-0.2, -0.15) is 0 Å². The Balaban J connectivity index is 1.64. The summed E-state index contributed by atoms with van der Waals surface area (Å²) in [6.07, 6.45) is 3.82. The first-order valence-electron chi connectivity index (χ1n) is 8.31. The van der Waals surface area contributed by atoms with E-state index in [0.717, 1.165) is 17.8 Å². The van der Waals surface area contributed by atoms with Crippen molar-refractivity contribution in [3.63, 3.8) is 0 Å². The summed E-state index contributed by atoms with van der Waals surface area (Å²) >= 11 is 0. The lowest BCUT2D eigenvalue weighted by atomic mass is 9.75. The number of hydrogen-bond acceptors (Lipinski definition) is 0. The summed E-state index contributed by atoms with van der Waals surface area (Å²) in [5.74, 6) is 2.53. The lowest BCUT2D eigenvalue weighted by Crippen LogP contribution is -3.22. The van der Waals surface area contributed by atoms with Crippen LogP contribution in [0.15, 0.2) is 11.6 Å². The molecule has 3 atom stereocenters. The zero-order valence-electron chi connectivity index (χ0n) is 13.1. The molecule has 1 fully saturated rings. The highest BCUT2D eigenvalue weighted by Crippen LogP contribution is 2.32. The largest absolute Gasteiger partial charge is 0.341 e. The third-order valence-corrected chi connectivity index (χ3v) is 5.14. The van der Waals surface area contributed by atoms with Gasteiger partial charge >= 0.3 is 0 Å². The van der Waals surface area contributed by atoms with E-state index in [-0.39, 0.29) is 0 Å². The van der Waals surface area contributed by atoms with E-state index in [1.807, 2.05) is 4.90 Å². The molecule has 1 saturated heterocycles. The number of nitrogens with two attached hydrogens (primary N) is 2. The number of allylic oxidation sites excluding steroid dienone is 2. The highest BCUT2D eigenvalue weighted by Gasteiger charge is 2.28. The molecule has 0 aromatic heterocycles. The molecule has 0 aromatic rings. The molecule has 110 valence electrons. The smallest absolute Gasteiger partial charge is 0.127 e. The van der Waals surface area contributed by atoms with Crippen LogP contribution < -0.4 is 15.5 Å². The standard InChI is InChI=1S/C16H31N3/c1-13-10-14(2)16(15(3)11-13)12-18-6-9-19-7-4-17-5-8-19/h10,14-18H,4-9,11-12H2,1-3H3/p+3/t14-,15-,16+/m1/s1. The van der Waals surface area contributed by atoms with Crippen LogP contribution in [-0.2, 0) is 0 Å². The normalized spacial score (nSPS) is 33.2. The minimum absolute atomic E-state index is 0.775. The van der Waals surface area contributed by atoms with Crippen molar-refractivity contribution in [3.8, 4) is 0 Å². The van der Waals surface area contributed by atoms with Gasteiger partial charge in [0.1, 0.15) is 39.3 Å². The molecular weight excluding hydrogens is 234 g/mol. The quantitative estimate of drug-likeness (QED) is 0.391. The van der Waals surface area contributed by atoms with Crippen LogP contribution in [0.1, 0.15) is 27.2 Å². The second kappa shape index (κ2) is 7.41. The lowest BCUT2D eigenvalue weighted by molar-refractivity contribution is -0.955. The fourth-order valence-electron chi connectivity index (χ4n) is 4.01. The van der Waals surface area contributed by atoms with E-state index in [1.165, 1.54) is 52.2 Å². The summed E-state index contributed by atoms with van der Waals surface area (Å²) in [6.45, 7) is 16.5. The van der Waals surface area contributed by atoms with Gasteiger partial charge in [0.05, 0.1) is 6.54 Å². The fourth-order valence-corrected chi connectivity index (χ4v) is 4.01. The zero-order chi connectivity index (χ0) is 13.7. The molecule has 2 rings (SSSR count). The Morgan fingerprint density at radius 2 is 2.05 bits per heavy atom. The Morgan fingerprint density at radius 1 is 1.32 bits per heavy atom. The summed E-state index contributed by atoms with van der Waals surface area (Å²) < 4.78 is 0. The van der Waals surface area contributed by atoms with E-state index in [9.17, 15) is 0 Å². The van der Waals surface area contributed by atoms with Crippen molar-refractivity contribution in [2.24, 2.45) is 17.8 Å². The molecule has 0 bridgehead atoms. The Kier molecular flexibility index (Phi) is 5.86. The van der Waals surface area contributed by atoms with Gasteiger partial charge in [0.25, 0.3) is 0 Å². The first-order valence-corrected chi connectivity index (χ1v) is 8.31. The number of hydrogen-bond donors (Lipinski definition) is 3. The summed E-state index contributed by atoms with van der Waals surface area (Å²) in [7, 11) is 0. The highest BCUT2D eigenvalue weighted by atomic mass is 15.2. The summed E-state index contributed by atoms with van der Waals surface area (Å²) in [5, 5.41) is 5.03. The molecule has 3 heteroatoms. The molecule has 3 nitrogen and oxygen atoms in total. The van der Waals surface area contributed by atoms with Crippen LogP contribution in [-0.4, -0.2) is 45.8 Å². The molecule has 0 amide bonds. The zero-order valence-corrected chi connectivity index (χ0v) is 13.1. The van der Waals surface area contributed by atoms with Crippen molar-refractivity contribution in [2.75, 3.05) is 45.8 Å². The monoisotopic (exact) mass is 268 g/mol. The number of nitrogens with one attached hydrogen (secondary N) is 1. The average molecular weight is 268 g/mol. The second-order valence-corrected chi connectivity index (χ2v) is 6.90. The third kappa shape index (κ3) is 4.59. The minimum Gasteiger partial charge on any atom is -0.341 e. The van der Waals surface area contributed by atoms with Gasteiger partial charge < -0.3 is 15.5 Å². The summed E-state index contributed by atoms with van der Waals surface area (Å²) in [4.78, 5) is 1.82. The summed E-state index contributed by atoms with van der Waals surface area (Å²) in [6, 6.07) is 0. The van der Waals surface area contributed by atoms with Crippen LogP contribution in [0, 0.1) is 17.8 Å². The molecule has 1 aliphatic carbocycles. The van der Waals surface area contributed by atoms with Crippen molar-refractivity contribution in [3.05, 3.63) is 11.6 Å². The van der Waals surface area contributed by atoms with Crippen LogP contribution in [0.4, 0.5) is 0 Å². The second-order valence-electron chi connectivity index (χ2n) is 6.90. The molecule has 19 heavy (non-hydrogen) atoms. The van der Waals surface area contributed by atoms with E-state index >= 15 is 0 Å². The van der Waals surface area contributed by atoms with Gasteiger partial charge in [0.2, 0.25) is 0 Å². The maximum absolute atomic E-state index is 2.58. The van der Waals surface area contributed by atoms with Gasteiger partial charge in [-0.25, -0.2) is 0 Å². The molecule has 0 unspecified atom stereocenters. The number of piperazine rings is 1. The van der Waals surface area contributed by atoms with E-state index < -0.39 is 0 Å². The Morgan fingerprint density at radius 3 is 2.74 bits per heavy atom.